The normalized spacial score (nSPS) is 8.00. The Labute approximate surface area is 45.6 Å². The van der Waals surface area contributed by atoms with E-state index in [0.29, 0.717) is 0 Å². The summed E-state index contributed by atoms with van der Waals surface area (Å²) in [4.78, 5) is 19.6. The standard InChI is InChI=1S/C4H5NO3/c5-2-1-3(6)4(7)8/h2,5H,1H2,(H,7,8). The number of carboxylic acid groups (broad SMARTS) is 1. The van der Waals surface area contributed by atoms with Crippen LogP contribution in [0.5, 0.6) is 0 Å². The molecule has 0 aliphatic rings. The summed E-state index contributed by atoms with van der Waals surface area (Å²) < 4.78 is 0. The predicted octanol–water partition coefficient (Wildman–Crippen LogP) is -0.320. The first kappa shape index (κ1) is 6.81. The number of nitrogens with one attached hydrogen (secondary N) is 1. The van der Waals surface area contributed by atoms with Crippen LogP contribution in [0.15, 0.2) is 0 Å². The molecule has 0 aliphatic heterocycles. The first-order chi connectivity index (χ1) is 3.68. The van der Waals surface area contributed by atoms with Crippen LogP contribution in [0.1, 0.15) is 6.42 Å². The van der Waals surface area contributed by atoms with Crippen molar-refractivity contribution >= 4 is 18.0 Å². The molecule has 0 saturated heterocycles. The zero-order chi connectivity index (χ0) is 6.57. The number of ketones is 1. The average Bonchev–Trinajstić information content (AvgIpc) is 1.67. The molecule has 8 heavy (non-hydrogen) atoms. The van der Waals surface area contributed by atoms with E-state index in [9.17, 15) is 9.59 Å². The van der Waals surface area contributed by atoms with E-state index in [4.69, 9.17) is 10.5 Å². The molecule has 0 saturated carbocycles. The minimum absolute atomic E-state index is 0.310. The number of rotatable bonds is 3. The fraction of sp³-hybridized carbons (Fsp3) is 0.250. The van der Waals surface area contributed by atoms with E-state index in [2.05, 4.69) is 0 Å². The molecule has 0 amide bonds. The van der Waals surface area contributed by atoms with E-state index in [1.165, 1.54) is 0 Å². The molecule has 0 fully saturated rings. The largest absolute Gasteiger partial charge is 0.475 e. The molecule has 0 aromatic heterocycles. The first-order valence-electron chi connectivity index (χ1n) is 1.93. The van der Waals surface area contributed by atoms with Gasteiger partial charge in [0.25, 0.3) is 0 Å². The Hall–Kier alpha value is -1.19. The van der Waals surface area contributed by atoms with Gasteiger partial charge in [0, 0.05) is 6.21 Å². The van der Waals surface area contributed by atoms with E-state index in [1.54, 1.807) is 0 Å². The van der Waals surface area contributed by atoms with Gasteiger partial charge in [-0.2, -0.15) is 0 Å². The van der Waals surface area contributed by atoms with Crippen molar-refractivity contribution in [2.24, 2.45) is 0 Å². The maximum absolute atomic E-state index is 9.99. The molecule has 2 N–H and O–H groups in total. The third-order valence-electron chi connectivity index (χ3n) is 0.526. The summed E-state index contributed by atoms with van der Waals surface area (Å²) >= 11 is 0. The average molecular weight is 115 g/mol. The van der Waals surface area contributed by atoms with Gasteiger partial charge >= 0.3 is 5.97 Å². The molecule has 0 spiro atoms. The molecule has 4 heteroatoms. The summed E-state index contributed by atoms with van der Waals surface area (Å²) in [6.07, 6.45) is 0.450. The highest BCUT2D eigenvalue weighted by Crippen LogP contribution is 1.75. The predicted molar refractivity (Wildman–Crippen MR) is 26.0 cm³/mol. The van der Waals surface area contributed by atoms with Crippen LogP contribution in [-0.2, 0) is 9.59 Å². The van der Waals surface area contributed by atoms with Crippen LogP contribution < -0.4 is 0 Å². The van der Waals surface area contributed by atoms with Gasteiger partial charge in [-0.3, -0.25) is 4.79 Å². The third-order valence-corrected chi connectivity index (χ3v) is 0.526. The minimum Gasteiger partial charge on any atom is -0.475 e. The lowest BCUT2D eigenvalue weighted by Crippen LogP contribution is -2.11. The molecular formula is C4H5NO3. The number of carbonyl (C=O) groups is 2. The monoisotopic (exact) mass is 115 g/mol. The number of Topliss-reactive ketones (excluding diaryl/α,β-unsaturated/α-hetero) is 1. The highest BCUT2D eigenvalue weighted by Gasteiger charge is 2.07. The Morgan fingerprint density at radius 3 is 2.25 bits per heavy atom. The van der Waals surface area contributed by atoms with E-state index >= 15 is 0 Å². The SMILES string of the molecule is N=CCC(=O)C(=O)O. The Bertz CT molecular complexity index is 129. The summed E-state index contributed by atoms with van der Waals surface area (Å²) in [7, 11) is 0. The third kappa shape index (κ3) is 2.07. The maximum atomic E-state index is 9.99. The van der Waals surface area contributed by atoms with Gasteiger partial charge in [-0.05, 0) is 0 Å². The van der Waals surface area contributed by atoms with Crippen molar-refractivity contribution in [2.45, 2.75) is 6.42 Å². The zero-order valence-electron chi connectivity index (χ0n) is 4.05. The van der Waals surface area contributed by atoms with Crippen LogP contribution in [-0.4, -0.2) is 23.1 Å². The quantitative estimate of drug-likeness (QED) is 0.390. The minimum atomic E-state index is -1.48. The number of aliphatic carboxylic acids is 1. The summed E-state index contributed by atoms with van der Waals surface area (Å²) in [5.41, 5.74) is 0. The summed E-state index contributed by atoms with van der Waals surface area (Å²) in [5.74, 6) is -2.42. The number of carboxylic acids is 1. The molecular weight excluding hydrogens is 110 g/mol. The highest BCUT2D eigenvalue weighted by atomic mass is 16.4. The molecule has 44 valence electrons. The number of hydrogen-bond acceptors (Lipinski definition) is 3. The van der Waals surface area contributed by atoms with Gasteiger partial charge in [0.05, 0.1) is 6.42 Å². The lowest BCUT2D eigenvalue weighted by atomic mass is 10.3. The first-order valence-corrected chi connectivity index (χ1v) is 1.93. The van der Waals surface area contributed by atoms with E-state index < -0.39 is 11.8 Å². The van der Waals surface area contributed by atoms with E-state index in [-0.39, 0.29) is 6.42 Å². The van der Waals surface area contributed by atoms with Crippen LogP contribution >= 0.6 is 0 Å². The number of hydrogen-bond donors (Lipinski definition) is 2. The molecule has 0 aliphatic carbocycles. The molecule has 0 unspecified atom stereocenters. The Morgan fingerprint density at radius 2 is 2.12 bits per heavy atom. The molecule has 0 radical (unpaired) electrons. The second-order valence-electron chi connectivity index (χ2n) is 1.14. The van der Waals surface area contributed by atoms with Crippen LogP contribution in [0.2, 0.25) is 0 Å². The summed E-state index contributed by atoms with van der Waals surface area (Å²) in [5, 5.41) is 14.2. The molecule has 4 nitrogen and oxygen atoms in total. The van der Waals surface area contributed by atoms with Gasteiger partial charge in [-0.15, -0.1) is 0 Å². The van der Waals surface area contributed by atoms with Crippen molar-refractivity contribution in [1.29, 1.82) is 5.41 Å². The van der Waals surface area contributed by atoms with Crippen molar-refractivity contribution in [2.75, 3.05) is 0 Å². The van der Waals surface area contributed by atoms with Gasteiger partial charge in [0.1, 0.15) is 0 Å². The lowest BCUT2D eigenvalue weighted by molar-refractivity contribution is -0.148. The molecule has 0 heterocycles. The second kappa shape index (κ2) is 2.90. The topological polar surface area (TPSA) is 78.2 Å². The second-order valence-corrected chi connectivity index (χ2v) is 1.14. The van der Waals surface area contributed by atoms with Gasteiger partial charge in [0.2, 0.25) is 5.78 Å². The van der Waals surface area contributed by atoms with Crippen molar-refractivity contribution in [1.82, 2.24) is 0 Å². The van der Waals surface area contributed by atoms with Crippen LogP contribution in [0.25, 0.3) is 0 Å². The summed E-state index contributed by atoms with van der Waals surface area (Å²) in [6, 6.07) is 0. The highest BCUT2D eigenvalue weighted by molar-refractivity contribution is 6.35. The van der Waals surface area contributed by atoms with Crippen molar-refractivity contribution in [3.05, 3.63) is 0 Å². The van der Waals surface area contributed by atoms with Crippen molar-refractivity contribution in [3.63, 3.8) is 0 Å². The molecule has 0 bridgehead atoms. The number of carbonyl (C=O) groups excluding carboxylic acids is 1. The fourth-order valence-electron chi connectivity index (χ4n) is 0.180. The molecule has 0 aromatic rings. The molecule has 0 rings (SSSR count). The Morgan fingerprint density at radius 1 is 1.62 bits per heavy atom. The van der Waals surface area contributed by atoms with Gasteiger partial charge in [-0.1, -0.05) is 0 Å². The Balaban J connectivity index is 3.65. The van der Waals surface area contributed by atoms with Gasteiger partial charge in [0.15, 0.2) is 0 Å². The fourth-order valence-corrected chi connectivity index (χ4v) is 0.180. The lowest BCUT2D eigenvalue weighted by Gasteiger charge is -1.81. The maximum Gasteiger partial charge on any atom is 0.372 e. The van der Waals surface area contributed by atoms with Crippen molar-refractivity contribution in [3.8, 4) is 0 Å². The molecule has 0 atom stereocenters. The smallest absolute Gasteiger partial charge is 0.372 e. The van der Waals surface area contributed by atoms with E-state index in [1.807, 2.05) is 0 Å². The zero-order valence-corrected chi connectivity index (χ0v) is 4.05. The van der Waals surface area contributed by atoms with Crippen LogP contribution in [0.4, 0.5) is 0 Å². The van der Waals surface area contributed by atoms with Crippen molar-refractivity contribution < 1.29 is 14.7 Å². The van der Waals surface area contributed by atoms with Gasteiger partial charge in [-0.25, -0.2) is 4.79 Å². The summed E-state index contributed by atoms with van der Waals surface area (Å²) in [6.45, 7) is 0. The van der Waals surface area contributed by atoms with Crippen LogP contribution in [0.3, 0.4) is 0 Å². The van der Waals surface area contributed by atoms with E-state index in [0.717, 1.165) is 6.21 Å². The van der Waals surface area contributed by atoms with Crippen LogP contribution in [0, 0.1) is 5.41 Å². The Kier molecular flexibility index (Phi) is 2.47. The van der Waals surface area contributed by atoms with Gasteiger partial charge < -0.3 is 10.5 Å². The molecule has 0 aromatic carbocycles.